The van der Waals surface area contributed by atoms with Gasteiger partial charge >= 0.3 is 0 Å². The Morgan fingerprint density at radius 2 is 0.745 bits per heavy atom. The molecule has 55 heavy (non-hydrogen) atoms. The highest BCUT2D eigenvalue weighted by molar-refractivity contribution is 6.54. The molecule has 1 unspecified atom stereocenters. The van der Waals surface area contributed by atoms with Crippen LogP contribution in [-0.2, 0) is 5.66 Å². The van der Waals surface area contributed by atoms with Gasteiger partial charge in [-0.1, -0.05) is 146 Å². The fourth-order valence-corrected chi connectivity index (χ4v) is 9.23. The van der Waals surface area contributed by atoms with Gasteiger partial charge < -0.3 is 9.13 Å². The standard InChI is InChI=1S/C51H32N4/c1-2-14-33(15-3-1)49-50(34-26-28-35(29-27-34)54-45-22-10-5-17-39(45)40-18-6-11-23-46(40)54)53-51(52-49)43-21-9-4-16-37(43)38-31-30-36(32-44(38)51)55-47-24-12-7-19-41(47)42-20-8-13-25-48(42)55/h1-32H. The first-order valence-corrected chi connectivity index (χ1v) is 18.8. The molecule has 2 aliphatic rings. The summed E-state index contributed by atoms with van der Waals surface area (Å²) < 4.78 is 4.74. The van der Waals surface area contributed by atoms with Crippen molar-refractivity contribution in [3.05, 3.63) is 216 Å². The smallest absolute Gasteiger partial charge is 0.204 e. The molecule has 0 bridgehead atoms. The van der Waals surface area contributed by atoms with Crippen molar-refractivity contribution in [2.45, 2.75) is 5.66 Å². The van der Waals surface area contributed by atoms with E-state index in [4.69, 9.17) is 9.98 Å². The maximum absolute atomic E-state index is 5.77. The summed E-state index contributed by atoms with van der Waals surface area (Å²) >= 11 is 0. The van der Waals surface area contributed by atoms with Crippen molar-refractivity contribution in [3.63, 3.8) is 0 Å². The predicted molar refractivity (Wildman–Crippen MR) is 227 cm³/mol. The number of aliphatic imine (C=N–C) groups is 2. The molecule has 1 aliphatic carbocycles. The number of hydrogen-bond donors (Lipinski definition) is 0. The third-order valence-corrected chi connectivity index (χ3v) is 11.6. The monoisotopic (exact) mass is 700 g/mol. The van der Waals surface area contributed by atoms with Crippen LogP contribution in [0.1, 0.15) is 22.3 Å². The molecule has 0 saturated heterocycles. The molecule has 1 atom stereocenters. The first-order chi connectivity index (χ1) is 27.3. The van der Waals surface area contributed by atoms with E-state index in [1.54, 1.807) is 0 Å². The lowest BCUT2D eigenvalue weighted by molar-refractivity contribution is 0.605. The van der Waals surface area contributed by atoms with Gasteiger partial charge in [-0.3, -0.25) is 0 Å². The van der Waals surface area contributed by atoms with Crippen LogP contribution in [0.15, 0.2) is 204 Å². The summed E-state index contributed by atoms with van der Waals surface area (Å²) in [7, 11) is 0. The minimum absolute atomic E-state index is 0.893. The third-order valence-electron chi connectivity index (χ3n) is 11.6. The summed E-state index contributed by atoms with van der Waals surface area (Å²) in [5.41, 5.74) is 14.4. The summed E-state index contributed by atoms with van der Waals surface area (Å²) in [6.45, 7) is 0. The van der Waals surface area contributed by atoms with Gasteiger partial charge in [0, 0.05) is 55.2 Å². The summed E-state index contributed by atoms with van der Waals surface area (Å²) in [4.78, 5) is 11.5. The average Bonchev–Trinajstić information content (AvgIpc) is 3.99. The lowest BCUT2D eigenvalue weighted by atomic mass is 9.98. The van der Waals surface area contributed by atoms with Gasteiger partial charge in [0.25, 0.3) is 0 Å². The topological polar surface area (TPSA) is 34.6 Å². The molecule has 256 valence electrons. The first-order valence-electron chi connectivity index (χ1n) is 18.8. The van der Waals surface area contributed by atoms with Gasteiger partial charge in [0.1, 0.15) is 0 Å². The Morgan fingerprint density at radius 3 is 1.31 bits per heavy atom. The van der Waals surface area contributed by atoms with E-state index in [-0.39, 0.29) is 0 Å². The van der Waals surface area contributed by atoms with Gasteiger partial charge in [-0.2, -0.15) is 0 Å². The van der Waals surface area contributed by atoms with E-state index in [0.29, 0.717) is 0 Å². The van der Waals surface area contributed by atoms with Crippen molar-refractivity contribution in [2.75, 3.05) is 0 Å². The molecule has 10 aromatic rings. The molecule has 0 N–H and O–H groups in total. The number of benzene rings is 8. The fraction of sp³-hybridized carbons (Fsp3) is 0.0196. The lowest BCUT2D eigenvalue weighted by Gasteiger charge is -2.21. The van der Waals surface area contributed by atoms with E-state index in [0.717, 1.165) is 45.1 Å². The minimum atomic E-state index is -0.938. The summed E-state index contributed by atoms with van der Waals surface area (Å²) in [6, 6.07) is 69.6. The Hall–Kier alpha value is -7.30. The molecule has 2 aromatic heterocycles. The Labute approximate surface area is 317 Å². The summed E-state index contributed by atoms with van der Waals surface area (Å²) in [6.07, 6.45) is 0. The van der Waals surface area contributed by atoms with Gasteiger partial charge in [-0.25, -0.2) is 9.98 Å². The van der Waals surface area contributed by atoms with Crippen molar-refractivity contribution in [2.24, 2.45) is 9.98 Å². The zero-order valence-corrected chi connectivity index (χ0v) is 29.8. The van der Waals surface area contributed by atoms with Crippen molar-refractivity contribution in [3.8, 4) is 22.5 Å². The van der Waals surface area contributed by atoms with Crippen molar-refractivity contribution in [1.29, 1.82) is 0 Å². The van der Waals surface area contributed by atoms with Crippen molar-refractivity contribution >= 4 is 55.0 Å². The predicted octanol–water partition coefficient (Wildman–Crippen LogP) is 12.1. The average molecular weight is 701 g/mol. The molecule has 0 saturated carbocycles. The highest BCUT2D eigenvalue weighted by atomic mass is 15.2. The highest BCUT2D eigenvalue weighted by Crippen LogP contribution is 2.54. The molecule has 8 aromatic carbocycles. The van der Waals surface area contributed by atoms with E-state index in [1.165, 1.54) is 54.7 Å². The molecular weight excluding hydrogens is 669 g/mol. The van der Waals surface area contributed by atoms with E-state index in [2.05, 4.69) is 203 Å². The zero-order chi connectivity index (χ0) is 36.1. The van der Waals surface area contributed by atoms with Gasteiger partial charge in [0.05, 0.1) is 33.5 Å². The Morgan fingerprint density at radius 1 is 0.327 bits per heavy atom. The Bertz CT molecular complexity index is 3150. The van der Waals surface area contributed by atoms with Gasteiger partial charge in [0.2, 0.25) is 5.66 Å². The van der Waals surface area contributed by atoms with Gasteiger partial charge in [0.15, 0.2) is 0 Å². The van der Waals surface area contributed by atoms with Crippen LogP contribution in [0.2, 0.25) is 0 Å². The normalized spacial score (nSPS) is 15.9. The van der Waals surface area contributed by atoms with Crippen LogP contribution >= 0.6 is 0 Å². The molecule has 4 heteroatoms. The molecule has 0 fully saturated rings. The van der Waals surface area contributed by atoms with E-state index >= 15 is 0 Å². The molecule has 1 spiro atoms. The first kappa shape index (κ1) is 30.2. The zero-order valence-electron chi connectivity index (χ0n) is 29.8. The van der Waals surface area contributed by atoms with Crippen LogP contribution in [0.4, 0.5) is 0 Å². The lowest BCUT2D eigenvalue weighted by Crippen LogP contribution is -2.18. The number of aromatic nitrogens is 2. The van der Waals surface area contributed by atoms with Crippen LogP contribution in [0.3, 0.4) is 0 Å². The number of para-hydroxylation sites is 4. The minimum Gasteiger partial charge on any atom is -0.309 e. The van der Waals surface area contributed by atoms with Gasteiger partial charge in [-0.15, -0.1) is 0 Å². The second kappa shape index (κ2) is 11.3. The van der Waals surface area contributed by atoms with E-state index < -0.39 is 5.66 Å². The Balaban J connectivity index is 1.07. The third kappa shape index (κ3) is 4.22. The largest absolute Gasteiger partial charge is 0.309 e. The molecule has 12 rings (SSSR count). The molecule has 0 radical (unpaired) electrons. The van der Waals surface area contributed by atoms with Crippen molar-refractivity contribution in [1.82, 2.24) is 9.13 Å². The van der Waals surface area contributed by atoms with Crippen LogP contribution in [0.25, 0.3) is 66.1 Å². The summed E-state index contributed by atoms with van der Waals surface area (Å²) in [5.74, 6) is 0. The molecule has 0 amide bonds. The van der Waals surface area contributed by atoms with Crippen molar-refractivity contribution < 1.29 is 0 Å². The Kier molecular flexibility index (Phi) is 6.23. The van der Waals surface area contributed by atoms with Crippen LogP contribution < -0.4 is 0 Å². The highest BCUT2D eigenvalue weighted by Gasteiger charge is 2.47. The van der Waals surface area contributed by atoms with Gasteiger partial charge in [-0.05, 0) is 59.7 Å². The number of nitrogens with zero attached hydrogens (tertiary/aromatic N) is 4. The van der Waals surface area contributed by atoms with E-state index in [9.17, 15) is 0 Å². The molecule has 3 heterocycles. The SMILES string of the molecule is c1ccc(C2=NC3(N=C2c2ccc(-n4c5ccccc5c5ccccc54)cc2)c2ccccc2-c2ccc(-n4c5ccccc5c5ccccc54)cc23)cc1. The molecular formula is C51H32N4. The van der Waals surface area contributed by atoms with Crippen LogP contribution in [0, 0.1) is 0 Å². The molecule has 4 nitrogen and oxygen atoms in total. The number of rotatable bonds is 4. The number of fused-ring (bicyclic) bond motifs is 11. The quantitative estimate of drug-likeness (QED) is 0.175. The maximum atomic E-state index is 5.77. The van der Waals surface area contributed by atoms with E-state index in [1.807, 2.05) is 0 Å². The fourth-order valence-electron chi connectivity index (χ4n) is 9.23. The summed E-state index contributed by atoms with van der Waals surface area (Å²) in [5, 5.41) is 4.99. The maximum Gasteiger partial charge on any atom is 0.204 e. The second-order valence-corrected chi connectivity index (χ2v) is 14.5. The van der Waals surface area contributed by atoms with Crippen LogP contribution in [-0.4, -0.2) is 20.6 Å². The number of hydrogen-bond acceptors (Lipinski definition) is 2. The van der Waals surface area contributed by atoms with Crippen LogP contribution in [0.5, 0.6) is 0 Å². The second-order valence-electron chi connectivity index (χ2n) is 14.5. The molecule has 1 aliphatic heterocycles.